The van der Waals surface area contributed by atoms with Gasteiger partial charge in [-0.05, 0) is 19.3 Å². The second-order valence-electron chi connectivity index (χ2n) is 5.17. The molecule has 1 aliphatic rings. The van der Waals surface area contributed by atoms with Crippen molar-refractivity contribution in [3.05, 3.63) is 0 Å². The molecule has 7 nitrogen and oxygen atoms in total. The summed E-state index contributed by atoms with van der Waals surface area (Å²) in [5, 5.41) is 1.47. The molecule has 0 amide bonds. The minimum Gasteiger partial charge on any atom is -0.464 e. The molecule has 132 valence electrons. The molecule has 0 aromatic carbocycles. The van der Waals surface area contributed by atoms with E-state index in [1.807, 2.05) is 18.9 Å². The van der Waals surface area contributed by atoms with Gasteiger partial charge in [0.2, 0.25) is 5.25 Å². The van der Waals surface area contributed by atoms with Crippen LogP contribution in [0.1, 0.15) is 46.5 Å². The summed E-state index contributed by atoms with van der Waals surface area (Å²) in [5.74, 6) is -1.15. The number of thioether (sulfide) groups is 1. The van der Waals surface area contributed by atoms with Gasteiger partial charge in [0.1, 0.15) is 6.67 Å². The van der Waals surface area contributed by atoms with Crippen molar-refractivity contribution in [2.24, 2.45) is 4.99 Å². The van der Waals surface area contributed by atoms with Crippen LogP contribution in [0.2, 0.25) is 0 Å². The number of carbonyl (C=O) groups excluding carboxylic acids is 2. The van der Waals surface area contributed by atoms with Crippen LogP contribution >= 0.6 is 11.8 Å². The molecule has 0 radical (unpaired) electrons. The molecular formula is C15H27N3O4S. The van der Waals surface area contributed by atoms with Crippen LogP contribution in [0, 0.1) is 0 Å². The third kappa shape index (κ3) is 7.22. The summed E-state index contributed by atoms with van der Waals surface area (Å²) in [6.07, 6.45) is 3.56. The zero-order chi connectivity index (χ0) is 17.1. The lowest BCUT2D eigenvalue weighted by Crippen LogP contribution is -2.38. The van der Waals surface area contributed by atoms with Crippen molar-refractivity contribution in [3.8, 4) is 0 Å². The minimum atomic E-state index is -1.04. The van der Waals surface area contributed by atoms with Crippen LogP contribution < -0.4 is 5.43 Å². The summed E-state index contributed by atoms with van der Waals surface area (Å²) in [5.41, 5.74) is 3.11. The molecule has 0 fully saturated rings. The molecule has 1 aliphatic heterocycles. The normalized spacial score (nSPS) is 14.5. The van der Waals surface area contributed by atoms with Gasteiger partial charge < -0.3 is 9.47 Å². The highest BCUT2D eigenvalue weighted by atomic mass is 32.2. The monoisotopic (exact) mass is 345 g/mol. The molecule has 0 aromatic rings. The average Bonchev–Trinajstić information content (AvgIpc) is 3.01. The Hall–Kier alpha value is -1.28. The van der Waals surface area contributed by atoms with Gasteiger partial charge in [-0.15, -0.1) is 0 Å². The largest absolute Gasteiger partial charge is 0.464 e. The van der Waals surface area contributed by atoms with Gasteiger partial charge in [0.15, 0.2) is 5.17 Å². The van der Waals surface area contributed by atoms with Crippen molar-refractivity contribution in [1.82, 2.24) is 10.4 Å². The molecule has 0 aliphatic carbocycles. The van der Waals surface area contributed by atoms with E-state index >= 15 is 0 Å². The fourth-order valence-corrected chi connectivity index (χ4v) is 2.62. The Balaban J connectivity index is 2.58. The van der Waals surface area contributed by atoms with E-state index in [4.69, 9.17) is 9.47 Å². The number of nitrogens with one attached hydrogen (secondary N) is 1. The highest BCUT2D eigenvalue weighted by molar-refractivity contribution is 8.15. The van der Waals surface area contributed by atoms with E-state index in [-0.39, 0.29) is 0 Å². The predicted octanol–water partition coefficient (Wildman–Crippen LogP) is 1.93. The maximum atomic E-state index is 12.1. The third-order valence-electron chi connectivity index (χ3n) is 2.97. The van der Waals surface area contributed by atoms with E-state index in [0.717, 1.165) is 31.1 Å². The molecule has 1 N–H and O–H groups in total. The van der Waals surface area contributed by atoms with Gasteiger partial charge in [-0.3, -0.25) is 15.0 Å². The van der Waals surface area contributed by atoms with Crippen molar-refractivity contribution >= 4 is 28.9 Å². The zero-order valence-corrected chi connectivity index (χ0v) is 15.0. The van der Waals surface area contributed by atoms with Crippen LogP contribution in [0.15, 0.2) is 4.99 Å². The highest BCUT2D eigenvalue weighted by Gasteiger charge is 2.33. The lowest BCUT2D eigenvalue weighted by molar-refractivity contribution is -0.153. The van der Waals surface area contributed by atoms with Gasteiger partial charge in [0, 0.05) is 6.54 Å². The number of nitrogens with zero attached hydrogens (tertiary/aromatic N) is 2. The summed E-state index contributed by atoms with van der Waals surface area (Å²) in [4.78, 5) is 28.5. The van der Waals surface area contributed by atoms with Crippen LogP contribution in [-0.2, 0) is 19.1 Å². The van der Waals surface area contributed by atoms with Crippen LogP contribution in [0.5, 0.6) is 0 Å². The molecule has 1 rings (SSSR count). The summed E-state index contributed by atoms with van der Waals surface area (Å²) >= 11 is 1.05. The molecule has 0 saturated heterocycles. The highest BCUT2D eigenvalue weighted by Crippen LogP contribution is 2.19. The zero-order valence-electron chi connectivity index (χ0n) is 14.2. The molecule has 0 aromatic heterocycles. The predicted molar refractivity (Wildman–Crippen MR) is 90.9 cm³/mol. The van der Waals surface area contributed by atoms with Crippen molar-refractivity contribution in [2.45, 2.75) is 51.7 Å². The van der Waals surface area contributed by atoms with Crippen LogP contribution in [0.25, 0.3) is 0 Å². The first-order chi connectivity index (χ1) is 11.1. The number of ether oxygens (including phenoxy) is 2. The van der Waals surface area contributed by atoms with Gasteiger partial charge in [0.25, 0.3) is 0 Å². The van der Waals surface area contributed by atoms with Crippen molar-refractivity contribution in [1.29, 1.82) is 0 Å². The maximum absolute atomic E-state index is 12.1. The Morgan fingerprint density at radius 1 is 1.17 bits per heavy atom. The minimum absolute atomic E-state index is 0.291. The summed E-state index contributed by atoms with van der Waals surface area (Å²) in [6, 6.07) is 0. The van der Waals surface area contributed by atoms with E-state index in [1.165, 1.54) is 0 Å². The van der Waals surface area contributed by atoms with Crippen molar-refractivity contribution in [3.63, 3.8) is 0 Å². The molecule has 0 unspecified atom stereocenters. The molecular weight excluding hydrogens is 318 g/mol. The Labute approximate surface area is 142 Å². The van der Waals surface area contributed by atoms with E-state index in [1.54, 1.807) is 0 Å². The summed E-state index contributed by atoms with van der Waals surface area (Å²) in [7, 11) is 0. The molecule has 8 heteroatoms. The first kappa shape index (κ1) is 19.8. The van der Waals surface area contributed by atoms with Crippen molar-refractivity contribution < 1.29 is 19.1 Å². The first-order valence-corrected chi connectivity index (χ1v) is 9.06. The smallest absolute Gasteiger partial charge is 0.331 e. The number of esters is 2. The van der Waals surface area contributed by atoms with Crippen LogP contribution in [0.3, 0.4) is 0 Å². The Kier molecular flexibility index (Phi) is 9.70. The molecule has 0 atom stereocenters. The fourth-order valence-electron chi connectivity index (χ4n) is 1.76. The summed E-state index contributed by atoms with van der Waals surface area (Å²) in [6.45, 7) is 7.89. The van der Waals surface area contributed by atoms with Crippen LogP contribution in [-0.4, -0.2) is 53.8 Å². The average molecular weight is 345 g/mol. The van der Waals surface area contributed by atoms with E-state index in [9.17, 15) is 9.59 Å². The number of amidine groups is 1. The Morgan fingerprint density at radius 2 is 1.78 bits per heavy atom. The number of aliphatic imine (C=N–C) groups is 1. The first-order valence-electron chi connectivity index (χ1n) is 8.18. The van der Waals surface area contributed by atoms with Gasteiger partial charge in [-0.1, -0.05) is 39.0 Å². The number of rotatable bonds is 10. The van der Waals surface area contributed by atoms with E-state index in [0.29, 0.717) is 37.9 Å². The number of unbranched alkanes of at least 4 members (excludes halogenated alkanes) is 1. The van der Waals surface area contributed by atoms with Gasteiger partial charge >= 0.3 is 11.9 Å². The number of hydrogen-bond donors (Lipinski definition) is 1. The second-order valence-corrected chi connectivity index (χ2v) is 6.26. The second kappa shape index (κ2) is 11.3. The van der Waals surface area contributed by atoms with E-state index < -0.39 is 17.2 Å². The van der Waals surface area contributed by atoms with E-state index in [2.05, 4.69) is 17.3 Å². The molecule has 23 heavy (non-hydrogen) atoms. The maximum Gasteiger partial charge on any atom is 0.331 e. The lowest BCUT2D eigenvalue weighted by Gasteiger charge is -2.17. The quantitative estimate of drug-likeness (QED) is 0.478. The SMILES string of the molecule is CCCCN1CN=C(SC(C(=O)OCCC)C(=O)OCCC)N1. The Morgan fingerprint density at radius 3 is 2.30 bits per heavy atom. The van der Waals surface area contributed by atoms with Crippen LogP contribution in [0.4, 0.5) is 0 Å². The Bertz CT molecular complexity index is 398. The standard InChI is InChI=1S/C15H27N3O4S/c1-4-7-8-18-11-16-15(17-18)23-12(13(19)21-9-5-2)14(20)22-10-6-3/h12H,4-11H2,1-3H3,(H,16,17). The molecule has 1 heterocycles. The van der Waals surface area contributed by atoms with Crippen molar-refractivity contribution in [2.75, 3.05) is 26.4 Å². The number of hydrogen-bond acceptors (Lipinski definition) is 8. The summed E-state index contributed by atoms with van der Waals surface area (Å²) < 4.78 is 10.2. The molecule has 0 spiro atoms. The third-order valence-corrected chi connectivity index (χ3v) is 4.04. The van der Waals surface area contributed by atoms with Gasteiger partial charge in [0.05, 0.1) is 13.2 Å². The number of carbonyl (C=O) groups is 2. The fraction of sp³-hybridized carbons (Fsp3) is 0.800. The van der Waals surface area contributed by atoms with Gasteiger partial charge in [-0.25, -0.2) is 10.0 Å². The topological polar surface area (TPSA) is 80.2 Å². The number of hydrazine groups is 1. The molecule has 0 saturated carbocycles. The molecule has 0 bridgehead atoms. The lowest BCUT2D eigenvalue weighted by atomic mass is 10.3. The van der Waals surface area contributed by atoms with Gasteiger partial charge in [-0.2, -0.15) is 0 Å².